The van der Waals surface area contributed by atoms with Gasteiger partial charge in [0.2, 0.25) is 0 Å². The van der Waals surface area contributed by atoms with Crippen LogP contribution in [-0.4, -0.2) is 77.9 Å². The summed E-state index contributed by atoms with van der Waals surface area (Å²) >= 11 is 0. The molecule has 14 heteroatoms. The van der Waals surface area contributed by atoms with Crippen molar-refractivity contribution in [2.45, 2.75) is 58.7 Å². The number of carbonyl (C=O) groups is 1. The molecule has 4 rings (SSSR count). The average Bonchev–Trinajstić information content (AvgIpc) is 3.51. The van der Waals surface area contributed by atoms with Gasteiger partial charge in [-0.05, 0) is 38.1 Å². The molecule has 3 atom stereocenters. The van der Waals surface area contributed by atoms with Crippen molar-refractivity contribution in [2.75, 3.05) is 49.4 Å². The number of rotatable bonds is 9. The lowest BCUT2D eigenvalue weighted by Crippen LogP contribution is -2.59. The zero-order chi connectivity index (χ0) is 27.1. The monoisotopic (exact) mass is 532 g/mol. The molecule has 0 saturated carbocycles. The van der Waals surface area contributed by atoms with Gasteiger partial charge in [-0.25, -0.2) is 9.59 Å². The van der Waals surface area contributed by atoms with E-state index in [1.165, 1.54) is 7.05 Å². The van der Waals surface area contributed by atoms with Crippen molar-refractivity contribution in [3.8, 4) is 0 Å². The molecule has 2 fully saturated rings. The standard InChI is InChI=1S/C23H35F3N6O5/c1-5-36-11-10-31-19(33)17-18(28(4)22(31)35)32(37-20(34)23(24,25)26)21(30(17)8-6-14(2)3)29-9-7-15-12-27-13-16(15)29/h14-16,21,27H,5-13H2,1-4H3. The SMILES string of the molecule is CCOCCn1c(=O)c2c(n(C)c1=O)N(OC(=O)C(F)(F)F)C(N1CCC3CNCC31)N2CCC(C)C. The van der Waals surface area contributed by atoms with E-state index in [-0.39, 0.29) is 42.5 Å². The summed E-state index contributed by atoms with van der Waals surface area (Å²) in [6.07, 6.45) is -4.83. The van der Waals surface area contributed by atoms with E-state index in [2.05, 4.69) is 5.32 Å². The lowest BCUT2D eigenvalue weighted by Gasteiger charge is -2.40. The van der Waals surface area contributed by atoms with E-state index in [4.69, 9.17) is 9.57 Å². The fourth-order valence-corrected chi connectivity index (χ4v) is 5.43. The van der Waals surface area contributed by atoms with E-state index >= 15 is 0 Å². The van der Waals surface area contributed by atoms with Gasteiger partial charge in [-0.2, -0.15) is 13.2 Å². The third-order valence-corrected chi connectivity index (χ3v) is 7.29. The minimum atomic E-state index is -5.26. The van der Waals surface area contributed by atoms with Crippen LogP contribution < -0.4 is 26.5 Å². The van der Waals surface area contributed by atoms with Gasteiger partial charge in [0.25, 0.3) is 5.56 Å². The van der Waals surface area contributed by atoms with Crippen LogP contribution in [0, 0.1) is 11.8 Å². The van der Waals surface area contributed by atoms with E-state index in [1.54, 1.807) is 11.8 Å². The summed E-state index contributed by atoms with van der Waals surface area (Å²) in [4.78, 5) is 47.7. The van der Waals surface area contributed by atoms with Crippen molar-refractivity contribution in [1.29, 1.82) is 0 Å². The number of hydrogen-bond acceptors (Lipinski definition) is 9. The third-order valence-electron chi connectivity index (χ3n) is 7.29. The maximum Gasteiger partial charge on any atom is 0.493 e. The van der Waals surface area contributed by atoms with Crippen LogP contribution in [0.4, 0.5) is 24.7 Å². The smallest absolute Gasteiger partial charge is 0.380 e. The predicted octanol–water partition coefficient (Wildman–Crippen LogP) is 0.854. The van der Waals surface area contributed by atoms with Crippen LogP contribution in [0.3, 0.4) is 0 Å². The first-order valence-electron chi connectivity index (χ1n) is 12.7. The Morgan fingerprint density at radius 1 is 1.19 bits per heavy atom. The molecule has 4 heterocycles. The van der Waals surface area contributed by atoms with Crippen LogP contribution in [0.1, 0.15) is 33.6 Å². The van der Waals surface area contributed by atoms with E-state index < -0.39 is 29.7 Å². The number of alkyl halides is 3. The van der Waals surface area contributed by atoms with Crippen molar-refractivity contribution < 1.29 is 27.5 Å². The fraction of sp³-hybridized carbons (Fsp3) is 0.783. The number of aromatic nitrogens is 2. The molecule has 1 N–H and O–H groups in total. The first-order valence-corrected chi connectivity index (χ1v) is 12.7. The number of hydroxylamine groups is 1. The Labute approximate surface area is 212 Å². The van der Waals surface area contributed by atoms with Gasteiger partial charge in [-0.1, -0.05) is 13.8 Å². The molecule has 2 saturated heterocycles. The zero-order valence-electron chi connectivity index (χ0n) is 21.6. The minimum absolute atomic E-state index is 0.0179. The van der Waals surface area contributed by atoms with Crippen molar-refractivity contribution >= 4 is 17.5 Å². The molecule has 0 bridgehead atoms. The summed E-state index contributed by atoms with van der Waals surface area (Å²) in [6, 6.07) is -0.0230. The molecular weight excluding hydrogens is 497 g/mol. The maximum atomic E-state index is 13.7. The normalized spacial score (nSPS) is 23.7. The summed E-state index contributed by atoms with van der Waals surface area (Å²) in [7, 11) is 1.36. The number of nitrogens with zero attached hydrogens (tertiary/aromatic N) is 5. The van der Waals surface area contributed by atoms with Crippen LogP contribution in [0.2, 0.25) is 0 Å². The van der Waals surface area contributed by atoms with Gasteiger partial charge >= 0.3 is 17.8 Å². The molecule has 0 aliphatic carbocycles. The van der Waals surface area contributed by atoms with Crippen LogP contribution >= 0.6 is 0 Å². The summed E-state index contributed by atoms with van der Waals surface area (Å²) in [6.45, 7) is 8.54. The van der Waals surface area contributed by atoms with Crippen molar-refractivity contribution in [3.05, 3.63) is 20.8 Å². The number of carbonyl (C=O) groups excluding carboxylic acids is 1. The van der Waals surface area contributed by atoms with E-state index in [9.17, 15) is 27.6 Å². The number of halogens is 3. The second kappa shape index (κ2) is 10.7. The minimum Gasteiger partial charge on any atom is -0.380 e. The van der Waals surface area contributed by atoms with E-state index in [0.29, 0.717) is 32.7 Å². The Morgan fingerprint density at radius 2 is 1.92 bits per heavy atom. The quantitative estimate of drug-likeness (QED) is 0.464. The Kier molecular flexibility index (Phi) is 7.91. The topological polar surface area (TPSA) is 101 Å². The highest BCUT2D eigenvalue weighted by atomic mass is 19.4. The summed E-state index contributed by atoms with van der Waals surface area (Å²) in [5, 5.41) is 4.13. The molecule has 3 unspecified atom stereocenters. The van der Waals surface area contributed by atoms with Crippen LogP contribution in [0.5, 0.6) is 0 Å². The third kappa shape index (κ3) is 5.10. The van der Waals surface area contributed by atoms with Gasteiger partial charge < -0.3 is 19.8 Å². The van der Waals surface area contributed by atoms with Gasteiger partial charge in [0.15, 0.2) is 17.8 Å². The predicted molar refractivity (Wildman–Crippen MR) is 129 cm³/mol. The van der Waals surface area contributed by atoms with Crippen molar-refractivity contribution in [2.24, 2.45) is 18.9 Å². The van der Waals surface area contributed by atoms with Crippen molar-refractivity contribution in [1.82, 2.24) is 19.4 Å². The van der Waals surface area contributed by atoms with Crippen LogP contribution in [0.15, 0.2) is 9.59 Å². The Balaban J connectivity index is 1.87. The highest BCUT2D eigenvalue weighted by Gasteiger charge is 2.54. The molecule has 3 aliphatic rings. The highest BCUT2D eigenvalue weighted by Crippen LogP contribution is 2.42. The van der Waals surface area contributed by atoms with Crippen LogP contribution in [-0.2, 0) is 28.0 Å². The molecule has 0 amide bonds. The summed E-state index contributed by atoms with van der Waals surface area (Å²) in [5.74, 6) is -2.07. The number of ether oxygens (including phenoxy) is 1. The Morgan fingerprint density at radius 3 is 2.57 bits per heavy atom. The second-order valence-corrected chi connectivity index (χ2v) is 10.1. The second-order valence-electron chi connectivity index (χ2n) is 10.1. The summed E-state index contributed by atoms with van der Waals surface area (Å²) < 4.78 is 47.5. The van der Waals surface area contributed by atoms with E-state index in [0.717, 1.165) is 27.2 Å². The Hall–Kier alpha value is -2.58. The molecule has 3 aliphatic heterocycles. The lowest BCUT2D eigenvalue weighted by molar-refractivity contribution is -0.203. The van der Waals surface area contributed by atoms with Gasteiger partial charge in [0, 0.05) is 39.3 Å². The molecule has 1 aromatic rings. The molecule has 208 valence electrons. The summed E-state index contributed by atoms with van der Waals surface area (Å²) in [5.41, 5.74) is -1.35. The number of fused-ring (bicyclic) bond motifs is 2. The molecule has 1 aromatic heterocycles. The largest absolute Gasteiger partial charge is 0.493 e. The van der Waals surface area contributed by atoms with Crippen molar-refractivity contribution in [3.63, 3.8) is 0 Å². The first kappa shape index (κ1) is 27.5. The van der Waals surface area contributed by atoms with E-state index in [1.807, 2.05) is 18.7 Å². The van der Waals surface area contributed by atoms with Gasteiger partial charge in [0.05, 0.1) is 13.2 Å². The molecule has 37 heavy (non-hydrogen) atoms. The highest BCUT2D eigenvalue weighted by molar-refractivity contribution is 5.80. The zero-order valence-corrected chi connectivity index (χ0v) is 21.6. The number of anilines is 2. The molecule has 11 nitrogen and oxygen atoms in total. The lowest BCUT2D eigenvalue weighted by atomic mass is 10.1. The Bertz CT molecular complexity index is 1120. The maximum absolute atomic E-state index is 13.7. The van der Waals surface area contributed by atoms with Gasteiger partial charge in [0.1, 0.15) is 0 Å². The molecule has 0 aromatic carbocycles. The molecular formula is C23H35F3N6O5. The van der Waals surface area contributed by atoms with Crippen LogP contribution in [0.25, 0.3) is 0 Å². The fourth-order valence-electron chi connectivity index (χ4n) is 5.43. The first-order chi connectivity index (χ1) is 17.5. The van der Waals surface area contributed by atoms with Gasteiger partial charge in [-0.15, -0.1) is 5.06 Å². The molecule has 0 spiro atoms. The molecule has 0 radical (unpaired) electrons. The number of nitrogens with one attached hydrogen (secondary N) is 1. The van der Waals surface area contributed by atoms with Gasteiger partial charge in [-0.3, -0.25) is 18.8 Å². The number of likely N-dealkylation sites (tertiary alicyclic amines) is 1. The average molecular weight is 533 g/mol. The number of hydrogen-bond donors (Lipinski definition) is 1.